The number of nitrogens with zero attached hydrogens (tertiary/aromatic N) is 1. The molecule has 5 nitrogen and oxygen atoms in total. The largest absolute Gasteiger partial charge is 0.465 e. The topological polar surface area (TPSA) is 54.7 Å². The van der Waals surface area contributed by atoms with Crippen molar-refractivity contribution in [1.82, 2.24) is 10.2 Å². The zero-order valence-electron chi connectivity index (χ0n) is 13.1. The first-order valence-corrected chi connectivity index (χ1v) is 8.41. The van der Waals surface area contributed by atoms with Crippen molar-refractivity contribution in [3.63, 3.8) is 0 Å². The first-order valence-electron chi connectivity index (χ1n) is 8.41. The lowest BCUT2D eigenvalue weighted by molar-refractivity contribution is -0.129. The molecule has 2 aliphatic heterocycles. The molecule has 0 aromatic carbocycles. The van der Waals surface area contributed by atoms with Gasteiger partial charge in [0.15, 0.2) is 0 Å². The highest BCUT2D eigenvalue weighted by atomic mass is 16.5. The van der Waals surface area contributed by atoms with Gasteiger partial charge in [-0.25, -0.2) is 0 Å². The van der Waals surface area contributed by atoms with Gasteiger partial charge in [0.05, 0.1) is 24.7 Å². The Hall–Kier alpha value is -1.33. The third kappa shape index (κ3) is 2.79. The molecule has 3 atom stereocenters. The summed E-state index contributed by atoms with van der Waals surface area (Å²) >= 11 is 0. The molecule has 120 valence electrons. The van der Waals surface area contributed by atoms with Crippen LogP contribution in [0, 0.1) is 12.8 Å². The molecule has 1 saturated carbocycles. The summed E-state index contributed by atoms with van der Waals surface area (Å²) in [6, 6.07) is 4.45. The number of amides is 1. The van der Waals surface area contributed by atoms with Crippen LogP contribution in [0.25, 0.3) is 0 Å². The van der Waals surface area contributed by atoms with Crippen LogP contribution in [0.5, 0.6) is 0 Å². The van der Waals surface area contributed by atoms with E-state index in [2.05, 4.69) is 10.2 Å². The molecule has 1 N–H and O–H groups in total. The van der Waals surface area contributed by atoms with E-state index in [1.54, 1.807) is 0 Å². The third-order valence-corrected chi connectivity index (χ3v) is 5.20. The molecule has 3 heterocycles. The Bertz CT molecular complexity index is 552. The lowest BCUT2D eigenvalue weighted by atomic mass is 9.91. The van der Waals surface area contributed by atoms with Crippen molar-refractivity contribution in [3.05, 3.63) is 23.7 Å². The monoisotopic (exact) mass is 304 g/mol. The maximum Gasteiger partial charge on any atom is 0.226 e. The van der Waals surface area contributed by atoms with Crippen LogP contribution in [-0.2, 0) is 16.1 Å². The lowest BCUT2D eigenvalue weighted by Crippen LogP contribution is -2.47. The molecular weight excluding hydrogens is 280 g/mol. The number of hydrogen-bond donors (Lipinski definition) is 1. The minimum atomic E-state index is 0.0222. The smallest absolute Gasteiger partial charge is 0.226 e. The minimum Gasteiger partial charge on any atom is -0.465 e. The van der Waals surface area contributed by atoms with E-state index < -0.39 is 0 Å². The fourth-order valence-electron chi connectivity index (χ4n) is 3.79. The van der Waals surface area contributed by atoms with E-state index in [1.165, 1.54) is 6.42 Å². The van der Waals surface area contributed by atoms with Crippen molar-refractivity contribution in [2.75, 3.05) is 13.1 Å². The van der Waals surface area contributed by atoms with Gasteiger partial charge in [-0.05, 0) is 44.7 Å². The van der Waals surface area contributed by atoms with Gasteiger partial charge in [0, 0.05) is 19.1 Å². The summed E-state index contributed by atoms with van der Waals surface area (Å²) in [5.41, 5.74) is 0. The molecule has 2 bridgehead atoms. The van der Waals surface area contributed by atoms with Crippen molar-refractivity contribution >= 4 is 5.91 Å². The Morgan fingerprint density at radius 1 is 1.36 bits per heavy atom. The van der Waals surface area contributed by atoms with Gasteiger partial charge in [-0.2, -0.15) is 0 Å². The fourth-order valence-corrected chi connectivity index (χ4v) is 3.79. The van der Waals surface area contributed by atoms with E-state index in [9.17, 15) is 4.79 Å². The van der Waals surface area contributed by atoms with Gasteiger partial charge in [-0.15, -0.1) is 0 Å². The van der Waals surface area contributed by atoms with Crippen LogP contribution in [0.1, 0.15) is 37.2 Å². The minimum absolute atomic E-state index is 0.0222. The average molecular weight is 304 g/mol. The molecule has 1 aliphatic carbocycles. The van der Waals surface area contributed by atoms with Crippen LogP contribution >= 0.6 is 0 Å². The second-order valence-corrected chi connectivity index (χ2v) is 6.98. The number of furan rings is 1. The van der Waals surface area contributed by atoms with Crippen molar-refractivity contribution in [3.8, 4) is 0 Å². The number of aryl methyl sites for hydroxylation is 1. The molecule has 5 heteroatoms. The zero-order valence-corrected chi connectivity index (χ0v) is 13.1. The summed E-state index contributed by atoms with van der Waals surface area (Å²) in [5, 5.41) is 3.18. The Kier molecular flexibility index (Phi) is 3.70. The number of carbonyl (C=O) groups excluding carboxylic acids is 1. The van der Waals surface area contributed by atoms with E-state index in [0.29, 0.717) is 6.04 Å². The summed E-state index contributed by atoms with van der Waals surface area (Å²) < 4.78 is 11.7. The molecule has 0 unspecified atom stereocenters. The molecule has 1 aromatic heterocycles. The van der Waals surface area contributed by atoms with Gasteiger partial charge in [-0.1, -0.05) is 0 Å². The molecular formula is C17H24N2O3. The van der Waals surface area contributed by atoms with Gasteiger partial charge in [-0.3, -0.25) is 9.69 Å². The first kappa shape index (κ1) is 14.3. The van der Waals surface area contributed by atoms with E-state index in [4.69, 9.17) is 9.15 Å². The van der Waals surface area contributed by atoms with Crippen molar-refractivity contribution < 1.29 is 13.9 Å². The highest BCUT2D eigenvalue weighted by Crippen LogP contribution is 2.33. The number of likely N-dealkylation sites (tertiary alicyclic amines) is 1. The highest BCUT2D eigenvalue weighted by molar-refractivity contribution is 5.80. The van der Waals surface area contributed by atoms with Crippen LogP contribution in [0.4, 0.5) is 0 Å². The maximum atomic E-state index is 12.4. The predicted molar refractivity (Wildman–Crippen MR) is 81.3 cm³/mol. The van der Waals surface area contributed by atoms with Gasteiger partial charge in [0.2, 0.25) is 5.91 Å². The quantitative estimate of drug-likeness (QED) is 0.922. The fraction of sp³-hybridized carbons (Fsp3) is 0.706. The van der Waals surface area contributed by atoms with Crippen molar-refractivity contribution in [1.29, 1.82) is 0 Å². The Labute approximate surface area is 131 Å². The third-order valence-electron chi connectivity index (χ3n) is 5.20. The van der Waals surface area contributed by atoms with Crippen LogP contribution in [0.2, 0.25) is 0 Å². The van der Waals surface area contributed by atoms with E-state index >= 15 is 0 Å². The van der Waals surface area contributed by atoms with Crippen molar-refractivity contribution in [2.45, 2.75) is 57.4 Å². The molecule has 0 radical (unpaired) electrons. The van der Waals surface area contributed by atoms with Gasteiger partial charge >= 0.3 is 0 Å². The van der Waals surface area contributed by atoms with Crippen LogP contribution in [0.3, 0.4) is 0 Å². The van der Waals surface area contributed by atoms with Crippen LogP contribution in [0.15, 0.2) is 16.5 Å². The summed E-state index contributed by atoms with van der Waals surface area (Å²) in [7, 11) is 0. The zero-order chi connectivity index (χ0) is 15.1. The van der Waals surface area contributed by atoms with Gasteiger partial charge in [0.25, 0.3) is 0 Å². The second-order valence-electron chi connectivity index (χ2n) is 6.98. The Morgan fingerprint density at radius 2 is 2.23 bits per heavy atom. The average Bonchev–Trinajstić information content (AvgIpc) is 2.97. The van der Waals surface area contributed by atoms with E-state index in [-0.39, 0.29) is 24.0 Å². The summed E-state index contributed by atoms with van der Waals surface area (Å²) in [5.74, 6) is 2.17. The Morgan fingerprint density at radius 3 is 2.91 bits per heavy atom. The maximum absolute atomic E-state index is 12.4. The number of rotatable bonds is 4. The predicted octanol–water partition coefficient (Wildman–Crippen LogP) is 1.85. The number of ether oxygens (including phenoxy) is 1. The molecule has 0 spiro atoms. The number of nitrogens with one attached hydrogen (secondary N) is 1. The molecule has 4 rings (SSSR count). The van der Waals surface area contributed by atoms with Gasteiger partial charge in [0.1, 0.15) is 11.5 Å². The molecule has 3 aliphatic rings. The Balaban J connectivity index is 1.36. The normalized spacial score (nSPS) is 32.0. The summed E-state index contributed by atoms with van der Waals surface area (Å²) in [6.07, 6.45) is 4.60. The van der Waals surface area contributed by atoms with E-state index in [1.807, 2.05) is 19.1 Å². The first-order chi connectivity index (χ1) is 10.7. The van der Waals surface area contributed by atoms with Gasteiger partial charge < -0.3 is 14.5 Å². The SMILES string of the molecule is Cc1ccc(CN2C[C@@H]3C[C@@H](C(=O)NC4CCC4)[C@H](C2)O3)o1. The van der Waals surface area contributed by atoms with E-state index in [0.717, 1.165) is 50.4 Å². The molecule has 2 saturated heterocycles. The summed E-state index contributed by atoms with van der Waals surface area (Å²) in [4.78, 5) is 14.8. The number of hydrogen-bond acceptors (Lipinski definition) is 4. The summed E-state index contributed by atoms with van der Waals surface area (Å²) in [6.45, 7) is 4.48. The van der Waals surface area contributed by atoms with Crippen LogP contribution in [-0.4, -0.2) is 42.1 Å². The second kappa shape index (κ2) is 5.70. The number of fused-ring (bicyclic) bond motifs is 2. The van der Waals surface area contributed by atoms with Crippen molar-refractivity contribution in [2.24, 2.45) is 5.92 Å². The standard InChI is InChI=1S/C17H24N2O3/c1-11-5-6-13(21-11)8-19-9-14-7-15(16(10-19)22-14)17(20)18-12-3-2-4-12/h5-6,12,14-16H,2-4,7-10H2,1H3,(H,18,20)/t14-,15+,16-/m0/s1. The van der Waals surface area contributed by atoms with Crippen LogP contribution < -0.4 is 5.32 Å². The molecule has 1 aromatic rings. The molecule has 3 fully saturated rings. The highest BCUT2D eigenvalue weighted by Gasteiger charge is 2.45. The lowest BCUT2D eigenvalue weighted by Gasteiger charge is -2.32. The number of carbonyl (C=O) groups is 1. The molecule has 22 heavy (non-hydrogen) atoms. The number of morpholine rings is 1. The molecule has 1 amide bonds.